The third-order valence-electron chi connectivity index (χ3n) is 13.7. The highest BCUT2D eigenvalue weighted by molar-refractivity contribution is 5.30. The second kappa shape index (κ2) is 7.11. The minimum Gasteiger partial charge on any atom is -0.393 e. The van der Waals surface area contributed by atoms with Gasteiger partial charge >= 0.3 is 0 Å². The molecule has 0 radical (unpaired) electrons. The van der Waals surface area contributed by atoms with Gasteiger partial charge in [-0.2, -0.15) is 0 Å². The maximum atomic E-state index is 10.9. The number of rotatable bonds is 5. The average molecular weight is 441 g/mol. The molecule has 5 fully saturated rings. The van der Waals surface area contributed by atoms with Crippen LogP contribution in [0.1, 0.15) is 119 Å². The van der Waals surface area contributed by atoms with E-state index in [9.17, 15) is 5.11 Å². The number of hydrogen-bond donors (Lipinski definition) is 1. The Kier molecular flexibility index (Phi) is 5.21. The van der Waals surface area contributed by atoms with Crippen LogP contribution in [0.3, 0.4) is 0 Å². The van der Waals surface area contributed by atoms with Crippen molar-refractivity contribution in [1.29, 1.82) is 0 Å². The molecule has 182 valence electrons. The molecule has 0 aliphatic heterocycles. The number of hydrogen-bond acceptors (Lipinski definition) is 1. The van der Waals surface area contributed by atoms with Crippen LogP contribution in [0.15, 0.2) is 12.2 Å². The first-order valence-electron chi connectivity index (χ1n) is 14.2. The summed E-state index contributed by atoms with van der Waals surface area (Å²) in [6.45, 7) is 21.6. The van der Waals surface area contributed by atoms with Gasteiger partial charge in [0.2, 0.25) is 0 Å². The molecule has 10 atom stereocenters. The molecule has 1 nitrogen and oxygen atoms in total. The van der Waals surface area contributed by atoms with Gasteiger partial charge in [-0.1, -0.05) is 53.7 Å². The van der Waals surface area contributed by atoms with Crippen LogP contribution in [-0.2, 0) is 0 Å². The van der Waals surface area contributed by atoms with E-state index in [-0.39, 0.29) is 11.5 Å². The third kappa shape index (κ3) is 2.73. The van der Waals surface area contributed by atoms with Crippen molar-refractivity contribution in [2.24, 2.45) is 56.7 Å². The second-order valence-electron chi connectivity index (χ2n) is 14.8. The molecule has 1 N–H and O–H groups in total. The van der Waals surface area contributed by atoms with Crippen molar-refractivity contribution in [3.63, 3.8) is 0 Å². The summed E-state index contributed by atoms with van der Waals surface area (Å²) in [7, 11) is 0. The van der Waals surface area contributed by atoms with E-state index in [2.05, 4.69) is 55.0 Å². The van der Waals surface area contributed by atoms with Gasteiger partial charge in [-0.25, -0.2) is 0 Å². The molecule has 0 saturated heterocycles. The molecular weight excluding hydrogens is 388 g/mol. The maximum absolute atomic E-state index is 10.9. The molecule has 5 aliphatic carbocycles. The van der Waals surface area contributed by atoms with E-state index in [0.29, 0.717) is 27.6 Å². The lowest BCUT2D eigenvalue weighted by Gasteiger charge is -2.63. The van der Waals surface area contributed by atoms with Crippen LogP contribution in [-0.4, -0.2) is 11.2 Å². The summed E-state index contributed by atoms with van der Waals surface area (Å²) in [5.41, 5.74) is 3.71. The van der Waals surface area contributed by atoms with Gasteiger partial charge in [-0.15, -0.1) is 0 Å². The van der Waals surface area contributed by atoms with E-state index in [4.69, 9.17) is 0 Å². The highest BCUT2D eigenvalue weighted by Crippen LogP contribution is 2.89. The van der Waals surface area contributed by atoms with Gasteiger partial charge in [0.1, 0.15) is 0 Å². The Bertz CT molecular complexity index is 781. The Morgan fingerprint density at radius 1 is 0.844 bits per heavy atom. The molecule has 0 aromatic carbocycles. The van der Waals surface area contributed by atoms with Crippen molar-refractivity contribution in [2.45, 2.75) is 125 Å². The molecular formula is C31H52O. The lowest BCUT2D eigenvalue weighted by Crippen LogP contribution is -2.57. The average Bonchev–Trinajstić information content (AvgIpc) is 3.31. The van der Waals surface area contributed by atoms with Crippen LogP contribution in [0.4, 0.5) is 0 Å². The minimum absolute atomic E-state index is 0.0879. The van der Waals surface area contributed by atoms with E-state index in [0.717, 1.165) is 30.1 Å². The Labute approximate surface area is 199 Å². The molecule has 5 saturated carbocycles. The van der Waals surface area contributed by atoms with Crippen molar-refractivity contribution in [3.8, 4) is 0 Å². The Morgan fingerprint density at radius 2 is 1.50 bits per heavy atom. The van der Waals surface area contributed by atoms with Crippen molar-refractivity contribution in [2.75, 3.05) is 0 Å². The van der Waals surface area contributed by atoms with E-state index in [1.165, 1.54) is 69.8 Å². The first-order chi connectivity index (χ1) is 14.9. The predicted molar refractivity (Wildman–Crippen MR) is 135 cm³/mol. The zero-order valence-electron chi connectivity index (χ0n) is 22.4. The van der Waals surface area contributed by atoms with Crippen molar-refractivity contribution >= 4 is 0 Å². The Morgan fingerprint density at radius 3 is 2.19 bits per heavy atom. The van der Waals surface area contributed by atoms with E-state index >= 15 is 0 Å². The lowest BCUT2D eigenvalue weighted by atomic mass is 9.41. The fourth-order valence-corrected chi connectivity index (χ4v) is 11.3. The number of fused-ring (bicyclic) bond motifs is 2. The molecule has 1 heteroatoms. The topological polar surface area (TPSA) is 20.2 Å². The standard InChI is InChI=1S/C31H52O/c1-20(2)21(3)9-10-22(4)23-13-15-29(8)25-12-11-24-27(5,6)26(32)14-16-30(24)19-31(25,30)18-17-28(23,29)7/h21-26,32H,1,9-19H2,2-8H3/t21-,22+,23-,24+,25-,26+,28-,29+,30-,31+/m1/s1. The van der Waals surface area contributed by atoms with E-state index in [1.807, 2.05) is 0 Å². The third-order valence-corrected chi connectivity index (χ3v) is 13.7. The molecule has 0 aromatic heterocycles. The molecule has 5 rings (SSSR count). The molecule has 0 unspecified atom stereocenters. The fourth-order valence-electron chi connectivity index (χ4n) is 11.3. The number of allylic oxidation sites excluding steroid dienone is 1. The smallest absolute Gasteiger partial charge is 0.0594 e. The van der Waals surface area contributed by atoms with Crippen LogP contribution in [0, 0.1) is 56.7 Å². The molecule has 5 aliphatic rings. The van der Waals surface area contributed by atoms with Gasteiger partial charge in [0.05, 0.1) is 6.10 Å². The van der Waals surface area contributed by atoms with Gasteiger partial charge in [0.15, 0.2) is 0 Å². The van der Waals surface area contributed by atoms with Crippen LogP contribution in [0.25, 0.3) is 0 Å². The van der Waals surface area contributed by atoms with Crippen molar-refractivity contribution in [1.82, 2.24) is 0 Å². The van der Waals surface area contributed by atoms with Gasteiger partial charge in [0, 0.05) is 0 Å². The lowest BCUT2D eigenvalue weighted by molar-refractivity contribution is -0.161. The minimum atomic E-state index is -0.0879. The normalized spacial score (nSPS) is 52.8. The SMILES string of the molecule is C=C(C)[C@H](C)CC[C@H](C)[C@H]1CC[C@@]2(C)[C@H]3CC[C@H]4C(C)(C)[C@@H](O)CC[C@@]45C[C@@]35CC[C@]12C. The van der Waals surface area contributed by atoms with Crippen molar-refractivity contribution < 1.29 is 5.11 Å². The molecule has 0 bridgehead atoms. The highest BCUT2D eigenvalue weighted by atomic mass is 16.3. The van der Waals surface area contributed by atoms with Gasteiger partial charge in [-0.05, 0) is 134 Å². The van der Waals surface area contributed by atoms with E-state index in [1.54, 1.807) is 0 Å². The van der Waals surface area contributed by atoms with Crippen LogP contribution in [0.5, 0.6) is 0 Å². The molecule has 32 heavy (non-hydrogen) atoms. The second-order valence-corrected chi connectivity index (χ2v) is 14.8. The van der Waals surface area contributed by atoms with E-state index < -0.39 is 0 Å². The summed E-state index contributed by atoms with van der Waals surface area (Å²) in [5.74, 6) is 4.09. The monoisotopic (exact) mass is 440 g/mol. The summed E-state index contributed by atoms with van der Waals surface area (Å²) in [4.78, 5) is 0. The zero-order chi connectivity index (χ0) is 23.3. The van der Waals surface area contributed by atoms with Crippen LogP contribution in [0.2, 0.25) is 0 Å². The summed E-state index contributed by atoms with van der Waals surface area (Å²) >= 11 is 0. The van der Waals surface area contributed by atoms with Crippen molar-refractivity contribution in [3.05, 3.63) is 12.2 Å². The highest BCUT2D eigenvalue weighted by Gasteiger charge is 2.82. The molecule has 2 spiro atoms. The quantitative estimate of drug-likeness (QED) is 0.425. The largest absolute Gasteiger partial charge is 0.393 e. The molecule has 0 heterocycles. The Balaban J connectivity index is 1.39. The zero-order valence-corrected chi connectivity index (χ0v) is 22.4. The first-order valence-corrected chi connectivity index (χ1v) is 14.2. The first kappa shape index (κ1) is 23.4. The van der Waals surface area contributed by atoms with Crippen LogP contribution < -0.4 is 0 Å². The van der Waals surface area contributed by atoms with Gasteiger partial charge in [-0.3, -0.25) is 0 Å². The van der Waals surface area contributed by atoms with Crippen LogP contribution >= 0.6 is 0 Å². The summed E-state index contributed by atoms with van der Waals surface area (Å²) in [6.07, 6.45) is 15.1. The number of aliphatic hydroxyl groups is 1. The number of aliphatic hydroxyl groups excluding tert-OH is 1. The Hall–Kier alpha value is -0.300. The fraction of sp³-hybridized carbons (Fsp3) is 0.935. The van der Waals surface area contributed by atoms with Gasteiger partial charge in [0.25, 0.3) is 0 Å². The predicted octanol–water partition coefficient (Wildman–Crippen LogP) is 8.41. The summed E-state index contributed by atoms with van der Waals surface area (Å²) < 4.78 is 0. The summed E-state index contributed by atoms with van der Waals surface area (Å²) in [5, 5.41) is 10.9. The molecule has 0 amide bonds. The summed E-state index contributed by atoms with van der Waals surface area (Å²) in [6, 6.07) is 0. The maximum Gasteiger partial charge on any atom is 0.0594 e. The molecule has 0 aromatic rings. The van der Waals surface area contributed by atoms with Gasteiger partial charge < -0.3 is 5.11 Å².